The first kappa shape index (κ1) is 11.2. The summed E-state index contributed by atoms with van der Waals surface area (Å²) in [4.78, 5) is 4.39. The van der Waals surface area contributed by atoms with Crippen molar-refractivity contribution < 1.29 is 5.11 Å². The van der Waals surface area contributed by atoms with Gasteiger partial charge in [-0.05, 0) is 55.6 Å². The number of fused-ring (bicyclic) bond motifs is 2. The summed E-state index contributed by atoms with van der Waals surface area (Å²) in [6.45, 7) is 2.08. The number of nitrogens with zero attached hydrogens (tertiary/aromatic N) is 1. The summed E-state index contributed by atoms with van der Waals surface area (Å²) in [7, 11) is 0. The zero-order valence-electron chi connectivity index (χ0n) is 10.5. The molecule has 1 heterocycles. The van der Waals surface area contributed by atoms with Crippen LogP contribution in [0.25, 0.3) is 0 Å². The molecule has 1 aromatic heterocycles. The molecule has 2 heteroatoms. The highest BCUT2D eigenvalue weighted by atomic mass is 16.3. The van der Waals surface area contributed by atoms with E-state index in [1.807, 2.05) is 12.3 Å². The van der Waals surface area contributed by atoms with Crippen LogP contribution in [-0.2, 0) is 6.42 Å². The van der Waals surface area contributed by atoms with Crippen molar-refractivity contribution in [2.45, 2.75) is 45.1 Å². The fourth-order valence-electron chi connectivity index (χ4n) is 3.85. The van der Waals surface area contributed by atoms with Gasteiger partial charge in [-0.3, -0.25) is 4.98 Å². The van der Waals surface area contributed by atoms with E-state index in [4.69, 9.17) is 0 Å². The maximum absolute atomic E-state index is 10.4. The minimum Gasteiger partial charge on any atom is -0.392 e. The Morgan fingerprint density at radius 2 is 2.29 bits per heavy atom. The van der Waals surface area contributed by atoms with E-state index in [1.165, 1.54) is 31.2 Å². The second kappa shape index (κ2) is 4.41. The van der Waals surface area contributed by atoms with E-state index >= 15 is 0 Å². The summed E-state index contributed by atoms with van der Waals surface area (Å²) in [5.74, 6) is 2.23. The van der Waals surface area contributed by atoms with Crippen LogP contribution >= 0.6 is 0 Å². The van der Waals surface area contributed by atoms with Crippen LogP contribution in [-0.4, -0.2) is 16.2 Å². The molecule has 92 valence electrons. The summed E-state index contributed by atoms with van der Waals surface area (Å²) in [5.41, 5.74) is 2.28. The Bertz CT molecular complexity index is 404. The molecule has 4 unspecified atom stereocenters. The molecule has 2 nitrogen and oxygen atoms in total. The molecular weight excluding hydrogens is 210 g/mol. The molecular formula is C15H21NO. The third kappa shape index (κ3) is 2.11. The van der Waals surface area contributed by atoms with Crippen molar-refractivity contribution >= 4 is 0 Å². The predicted molar refractivity (Wildman–Crippen MR) is 67.6 cm³/mol. The Morgan fingerprint density at radius 1 is 1.41 bits per heavy atom. The molecule has 2 saturated carbocycles. The molecule has 4 atom stereocenters. The second-order valence-electron chi connectivity index (χ2n) is 5.88. The Kier molecular flexibility index (Phi) is 2.91. The van der Waals surface area contributed by atoms with Gasteiger partial charge >= 0.3 is 0 Å². The van der Waals surface area contributed by atoms with Gasteiger partial charge in [-0.15, -0.1) is 0 Å². The van der Waals surface area contributed by atoms with Crippen LogP contribution in [0.1, 0.15) is 36.9 Å². The van der Waals surface area contributed by atoms with Crippen molar-refractivity contribution in [3.05, 3.63) is 29.6 Å². The van der Waals surface area contributed by atoms with Crippen LogP contribution in [0.5, 0.6) is 0 Å². The molecule has 2 fully saturated rings. The van der Waals surface area contributed by atoms with Gasteiger partial charge in [-0.2, -0.15) is 0 Å². The molecule has 2 aliphatic carbocycles. The first-order valence-electron chi connectivity index (χ1n) is 6.82. The molecule has 1 aromatic rings. The number of pyridine rings is 1. The van der Waals surface area contributed by atoms with Crippen molar-refractivity contribution in [3.63, 3.8) is 0 Å². The Hall–Kier alpha value is -0.890. The van der Waals surface area contributed by atoms with Crippen molar-refractivity contribution in [2.24, 2.45) is 17.8 Å². The molecule has 2 aliphatic rings. The normalized spacial score (nSPS) is 32.9. The molecule has 0 spiro atoms. The molecule has 0 aliphatic heterocycles. The minimum absolute atomic E-state index is 0.182. The number of aromatic nitrogens is 1. The lowest BCUT2D eigenvalue weighted by atomic mass is 9.83. The number of hydrogen-bond acceptors (Lipinski definition) is 2. The van der Waals surface area contributed by atoms with Crippen molar-refractivity contribution in [1.29, 1.82) is 0 Å². The van der Waals surface area contributed by atoms with Crippen molar-refractivity contribution in [2.75, 3.05) is 0 Å². The quantitative estimate of drug-likeness (QED) is 0.867. The molecule has 0 amide bonds. The number of aliphatic hydroxyl groups excluding tert-OH is 1. The van der Waals surface area contributed by atoms with Gasteiger partial charge in [0.1, 0.15) is 0 Å². The van der Waals surface area contributed by atoms with Crippen LogP contribution in [0.15, 0.2) is 18.3 Å². The average molecular weight is 231 g/mol. The van der Waals surface area contributed by atoms with Crippen molar-refractivity contribution in [3.8, 4) is 0 Å². The topological polar surface area (TPSA) is 33.1 Å². The Balaban J connectivity index is 1.68. The summed E-state index contributed by atoms with van der Waals surface area (Å²) >= 11 is 0. The van der Waals surface area contributed by atoms with E-state index in [1.54, 1.807) is 0 Å². The molecule has 0 radical (unpaired) electrons. The third-order valence-corrected chi connectivity index (χ3v) is 4.81. The van der Waals surface area contributed by atoms with Gasteiger partial charge in [0, 0.05) is 18.3 Å². The van der Waals surface area contributed by atoms with E-state index in [2.05, 4.69) is 18.0 Å². The van der Waals surface area contributed by atoms with Gasteiger partial charge in [0.15, 0.2) is 0 Å². The first-order valence-corrected chi connectivity index (χ1v) is 6.82. The van der Waals surface area contributed by atoms with Crippen LogP contribution in [0.4, 0.5) is 0 Å². The highest BCUT2D eigenvalue weighted by molar-refractivity contribution is 5.18. The van der Waals surface area contributed by atoms with Crippen LogP contribution in [0.2, 0.25) is 0 Å². The second-order valence-corrected chi connectivity index (χ2v) is 5.88. The van der Waals surface area contributed by atoms with Gasteiger partial charge in [0.25, 0.3) is 0 Å². The maximum Gasteiger partial charge on any atom is 0.0626 e. The molecule has 1 N–H and O–H groups in total. The largest absolute Gasteiger partial charge is 0.392 e. The molecule has 0 aromatic carbocycles. The SMILES string of the molecule is Cc1cccnc1CC(O)C1CC2CCC1C2. The number of aryl methyl sites for hydroxylation is 1. The van der Waals surface area contributed by atoms with E-state index in [9.17, 15) is 5.11 Å². The lowest BCUT2D eigenvalue weighted by molar-refractivity contribution is 0.0741. The lowest BCUT2D eigenvalue weighted by Gasteiger charge is -2.26. The Morgan fingerprint density at radius 3 is 2.94 bits per heavy atom. The predicted octanol–water partition coefficient (Wildman–Crippen LogP) is 2.73. The van der Waals surface area contributed by atoms with E-state index in [0.717, 1.165) is 24.0 Å². The third-order valence-electron chi connectivity index (χ3n) is 4.81. The lowest BCUT2D eigenvalue weighted by Crippen LogP contribution is -2.28. The number of rotatable bonds is 3. The summed E-state index contributed by atoms with van der Waals surface area (Å²) in [6.07, 6.45) is 7.74. The fourth-order valence-corrected chi connectivity index (χ4v) is 3.85. The fraction of sp³-hybridized carbons (Fsp3) is 0.667. The first-order chi connectivity index (χ1) is 8.24. The van der Waals surface area contributed by atoms with Crippen LogP contribution in [0, 0.1) is 24.7 Å². The average Bonchev–Trinajstić information content (AvgIpc) is 2.94. The molecule has 3 rings (SSSR count). The number of aliphatic hydroxyl groups is 1. The van der Waals surface area contributed by atoms with E-state index in [-0.39, 0.29) is 6.10 Å². The summed E-state index contributed by atoms with van der Waals surface area (Å²) in [6, 6.07) is 4.04. The minimum atomic E-state index is -0.182. The molecule has 17 heavy (non-hydrogen) atoms. The summed E-state index contributed by atoms with van der Waals surface area (Å²) < 4.78 is 0. The van der Waals surface area contributed by atoms with Gasteiger partial charge in [0.2, 0.25) is 0 Å². The molecule has 2 bridgehead atoms. The zero-order chi connectivity index (χ0) is 11.8. The standard InChI is InChI=1S/C15H21NO/c1-10-3-2-6-16-14(10)9-15(17)13-8-11-4-5-12(13)7-11/h2-3,6,11-13,15,17H,4-5,7-9H2,1H3. The maximum atomic E-state index is 10.4. The molecule has 0 saturated heterocycles. The highest BCUT2D eigenvalue weighted by Gasteiger charge is 2.42. The van der Waals surface area contributed by atoms with E-state index < -0.39 is 0 Å². The van der Waals surface area contributed by atoms with Crippen LogP contribution < -0.4 is 0 Å². The van der Waals surface area contributed by atoms with Gasteiger partial charge in [0.05, 0.1) is 6.10 Å². The van der Waals surface area contributed by atoms with Gasteiger partial charge < -0.3 is 5.11 Å². The van der Waals surface area contributed by atoms with Crippen LogP contribution in [0.3, 0.4) is 0 Å². The smallest absolute Gasteiger partial charge is 0.0626 e. The zero-order valence-corrected chi connectivity index (χ0v) is 10.5. The van der Waals surface area contributed by atoms with Gasteiger partial charge in [-0.1, -0.05) is 12.5 Å². The van der Waals surface area contributed by atoms with Crippen molar-refractivity contribution in [1.82, 2.24) is 4.98 Å². The van der Waals surface area contributed by atoms with Gasteiger partial charge in [-0.25, -0.2) is 0 Å². The summed E-state index contributed by atoms with van der Waals surface area (Å²) in [5, 5.41) is 10.4. The number of hydrogen-bond donors (Lipinski definition) is 1. The Labute approximate surface area is 103 Å². The highest BCUT2D eigenvalue weighted by Crippen LogP contribution is 2.49. The monoisotopic (exact) mass is 231 g/mol. The van der Waals surface area contributed by atoms with E-state index in [0.29, 0.717) is 5.92 Å².